The maximum atomic E-state index is 14.3. The average molecular weight is 999 g/mol. The minimum atomic E-state index is -0.671. The standard InChI is InChI=1S/C55H70N10O8/c1-33(2)52(55(68)64-32-43(69-5)27-47(64)54(67)58-35(4)36-12-10-34(3)11-13-36)49-29-51(61-73-49)70-23-22-62-20-17-40(18-21-62)71-41-25-42(26-41)72-50-24-37(16-19-57-50)65-38-14-15-39(65)31-63(30-38)46-28-45(59-60-53(46)56)44-8-6-7-9-48(44)66/h6-13,16,19,24,28-29,33,35,38-43,47,52,66H,14-15,17-18,20-23,25-27,30-32H2,1-5H3,(H2,56,60)(H,58,67)/t35-,38?,39?,41-,42-,43+,47-,52+/m0/s1. The van der Waals surface area contributed by atoms with Crippen molar-refractivity contribution >= 4 is 29.0 Å². The van der Waals surface area contributed by atoms with E-state index in [1.807, 2.05) is 76.4 Å². The number of nitrogen functional groups attached to an aromatic ring is 1. The lowest BCUT2D eigenvalue weighted by atomic mass is 9.91. The Morgan fingerprint density at radius 2 is 1.62 bits per heavy atom. The second-order valence-electron chi connectivity index (χ2n) is 21.0. The number of methoxy groups -OCH3 is 1. The van der Waals surface area contributed by atoms with Gasteiger partial charge in [0, 0.05) is 107 Å². The van der Waals surface area contributed by atoms with Crippen molar-refractivity contribution in [2.45, 2.75) is 127 Å². The number of amides is 2. The summed E-state index contributed by atoms with van der Waals surface area (Å²) in [6.07, 6.45) is 8.16. The molecule has 10 rings (SSSR count). The highest BCUT2D eigenvalue weighted by atomic mass is 16.5. The highest BCUT2D eigenvalue weighted by molar-refractivity contribution is 5.91. The van der Waals surface area contributed by atoms with Crippen LogP contribution in [0.1, 0.15) is 94.6 Å². The largest absolute Gasteiger partial charge is 0.507 e. The number of carbonyl (C=O) groups is 2. The zero-order valence-electron chi connectivity index (χ0n) is 42.6. The Kier molecular flexibility index (Phi) is 15.0. The number of piperazine rings is 1. The number of phenolic OH excluding ortho intramolecular Hbond substituents is 1. The van der Waals surface area contributed by atoms with Crippen molar-refractivity contribution in [3.63, 3.8) is 0 Å². The van der Waals surface area contributed by atoms with Gasteiger partial charge in [-0.3, -0.25) is 14.5 Å². The van der Waals surface area contributed by atoms with Crippen molar-refractivity contribution in [1.29, 1.82) is 0 Å². The summed E-state index contributed by atoms with van der Waals surface area (Å²) in [6, 6.07) is 22.7. The molecule has 0 spiro atoms. The zero-order chi connectivity index (χ0) is 50.8. The SMILES string of the molecule is CO[C@@H]1C[C@@H](C(=O)N[C@@H](C)c2ccc(C)cc2)N(C(=O)[C@@H](c2cc(OCCN3CCC(O[C@H]4C[C@H](Oc5cc(N6C7CCC6CN(c6cc(-c8ccccc8O)nnc6N)C7)ccn5)C4)CC3)no2)C(C)C)C1. The molecule has 73 heavy (non-hydrogen) atoms. The van der Waals surface area contributed by atoms with Crippen LogP contribution in [0.5, 0.6) is 17.5 Å². The molecule has 4 aliphatic heterocycles. The number of aromatic nitrogens is 4. The van der Waals surface area contributed by atoms with Gasteiger partial charge in [-0.25, -0.2) is 4.98 Å². The molecule has 1 aliphatic carbocycles. The summed E-state index contributed by atoms with van der Waals surface area (Å²) in [6.45, 7) is 12.8. The summed E-state index contributed by atoms with van der Waals surface area (Å²) in [5.41, 5.74) is 11.7. The molecule has 2 bridgehead atoms. The fourth-order valence-electron chi connectivity index (χ4n) is 11.4. The Morgan fingerprint density at radius 3 is 2.34 bits per heavy atom. The van der Waals surface area contributed by atoms with Crippen LogP contribution < -0.4 is 30.3 Å². The normalized spacial score (nSPS) is 24.1. The highest BCUT2D eigenvalue weighted by Crippen LogP contribution is 2.41. The van der Waals surface area contributed by atoms with E-state index in [-0.39, 0.29) is 53.9 Å². The van der Waals surface area contributed by atoms with Gasteiger partial charge in [0.25, 0.3) is 5.88 Å². The zero-order valence-corrected chi connectivity index (χ0v) is 42.6. The van der Waals surface area contributed by atoms with Crippen LogP contribution in [0.15, 0.2) is 83.5 Å². The van der Waals surface area contributed by atoms with Crippen molar-refractivity contribution in [2.24, 2.45) is 5.92 Å². The fourth-order valence-corrected chi connectivity index (χ4v) is 11.4. The van der Waals surface area contributed by atoms with Crippen molar-refractivity contribution < 1.29 is 38.2 Å². The van der Waals surface area contributed by atoms with E-state index in [0.717, 1.165) is 93.8 Å². The first kappa shape index (κ1) is 50.1. The Morgan fingerprint density at radius 1 is 0.863 bits per heavy atom. The average Bonchev–Trinajstić information content (AvgIpc) is 4.10. The minimum Gasteiger partial charge on any atom is -0.507 e. The smallest absolute Gasteiger partial charge is 0.254 e. The van der Waals surface area contributed by atoms with E-state index < -0.39 is 12.0 Å². The number of pyridine rings is 1. The maximum absolute atomic E-state index is 14.3. The van der Waals surface area contributed by atoms with Crippen LogP contribution in [-0.4, -0.2) is 143 Å². The van der Waals surface area contributed by atoms with Gasteiger partial charge in [0.05, 0.1) is 35.7 Å². The predicted octanol–water partition coefficient (Wildman–Crippen LogP) is 6.68. The Bertz CT molecular complexity index is 2680. The van der Waals surface area contributed by atoms with Crippen LogP contribution in [-0.2, 0) is 19.1 Å². The van der Waals surface area contributed by atoms with Crippen molar-refractivity contribution in [3.05, 3.63) is 95.9 Å². The van der Waals surface area contributed by atoms with Gasteiger partial charge in [0.1, 0.15) is 30.4 Å². The number of hydrogen-bond acceptors (Lipinski definition) is 16. The Balaban J connectivity index is 0.646. The third-order valence-electron chi connectivity index (χ3n) is 15.6. The van der Waals surface area contributed by atoms with E-state index >= 15 is 0 Å². The first-order chi connectivity index (χ1) is 35.4. The molecule has 0 radical (unpaired) electrons. The van der Waals surface area contributed by atoms with Gasteiger partial charge in [-0.1, -0.05) is 55.8 Å². The predicted molar refractivity (Wildman–Crippen MR) is 275 cm³/mol. The Labute approximate surface area is 427 Å². The summed E-state index contributed by atoms with van der Waals surface area (Å²) in [5, 5.41) is 26.3. The van der Waals surface area contributed by atoms with Crippen LogP contribution in [0, 0.1) is 12.8 Å². The minimum absolute atomic E-state index is 0.0650. The van der Waals surface area contributed by atoms with Crippen molar-refractivity contribution in [2.75, 3.05) is 68.5 Å². The summed E-state index contributed by atoms with van der Waals surface area (Å²) < 4.78 is 30.5. The molecular weight excluding hydrogens is 929 g/mol. The number of hydrogen-bond donors (Lipinski definition) is 3. The third-order valence-corrected chi connectivity index (χ3v) is 15.6. The molecule has 5 aromatic rings. The number of anilines is 3. The molecular formula is C55H70N10O8. The van der Waals surface area contributed by atoms with Gasteiger partial charge >= 0.3 is 0 Å². The molecule has 18 heteroatoms. The van der Waals surface area contributed by atoms with E-state index in [1.54, 1.807) is 30.2 Å². The summed E-state index contributed by atoms with van der Waals surface area (Å²) in [7, 11) is 1.61. The molecule has 1 saturated carbocycles. The number of fused-ring (bicyclic) bond motifs is 2. The van der Waals surface area contributed by atoms with Crippen LogP contribution in [0.4, 0.5) is 17.2 Å². The number of nitrogens with two attached hydrogens (primary N) is 1. The number of rotatable bonds is 18. The number of piperidine rings is 1. The van der Waals surface area contributed by atoms with E-state index in [4.69, 9.17) is 29.2 Å². The lowest BCUT2D eigenvalue weighted by Gasteiger charge is -2.43. The third kappa shape index (κ3) is 11.2. The van der Waals surface area contributed by atoms with Crippen LogP contribution in [0.2, 0.25) is 0 Å². The van der Waals surface area contributed by atoms with Crippen LogP contribution in [0.3, 0.4) is 0 Å². The molecule has 2 unspecified atom stereocenters. The molecule has 6 atom stereocenters. The first-order valence-electron chi connectivity index (χ1n) is 26.1. The monoisotopic (exact) mass is 999 g/mol. The number of para-hydroxylation sites is 1. The first-order valence-corrected chi connectivity index (χ1v) is 26.1. The number of nitrogens with one attached hydrogen (secondary N) is 1. The second-order valence-corrected chi connectivity index (χ2v) is 21.0. The highest BCUT2D eigenvalue weighted by Gasteiger charge is 2.45. The van der Waals surface area contributed by atoms with Gasteiger partial charge < -0.3 is 54.3 Å². The molecule has 2 amide bonds. The molecule has 3 aromatic heterocycles. The molecule has 388 valence electrons. The molecule has 2 aromatic carbocycles. The molecule has 4 saturated heterocycles. The Hall–Kier alpha value is -6.50. The number of aryl methyl sites for hydroxylation is 1. The number of aromatic hydroxyl groups is 1. The topological polar surface area (TPSA) is 207 Å². The lowest BCUT2D eigenvalue weighted by Crippen LogP contribution is -2.54. The summed E-state index contributed by atoms with van der Waals surface area (Å²) in [4.78, 5) is 41.4. The van der Waals surface area contributed by atoms with E-state index in [0.29, 0.717) is 66.3 Å². The van der Waals surface area contributed by atoms with Crippen LogP contribution >= 0.6 is 0 Å². The summed E-state index contributed by atoms with van der Waals surface area (Å²) in [5.74, 6) is 0.777. The van der Waals surface area contributed by atoms with Crippen molar-refractivity contribution in [3.8, 4) is 28.8 Å². The second kappa shape index (κ2) is 21.9. The van der Waals surface area contributed by atoms with Gasteiger partial charge in [0.2, 0.25) is 17.7 Å². The quantitative estimate of drug-likeness (QED) is 0.0837. The van der Waals surface area contributed by atoms with E-state index in [1.165, 1.54) is 0 Å². The number of nitrogens with zero attached hydrogens (tertiary/aromatic N) is 8. The number of carbonyl (C=O) groups excluding carboxylic acids is 2. The fraction of sp³-hybridized carbons (Fsp3) is 0.527. The van der Waals surface area contributed by atoms with Crippen molar-refractivity contribution in [1.82, 2.24) is 35.5 Å². The number of benzene rings is 2. The van der Waals surface area contributed by atoms with Crippen LogP contribution in [0.25, 0.3) is 11.3 Å². The lowest BCUT2D eigenvalue weighted by molar-refractivity contribution is -0.141. The number of ether oxygens (including phenoxy) is 4. The van der Waals surface area contributed by atoms with Gasteiger partial charge in [-0.2, -0.15) is 0 Å². The van der Waals surface area contributed by atoms with Gasteiger partial charge in [-0.05, 0) is 80.4 Å². The molecule has 7 heterocycles. The number of phenols is 1. The molecule has 4 N–H and O–H groups in total. The molecule has 5 fully saturated rings. The molecule has 18 nitrogen and oxygen atoms in total. The summed E-state index contributed by atoms with van der Waals surface area (Å²) >= 11 is 0. The van der Waals surface area contributed by atoms with Gasteiger partial charge in [0.15, 0.2) is 11.6 Å². The molecule has 5 aliphatic rings. The number of likely N-dealkylation sites (tertiary alicyclic amines) is 2. The maximum Gasteiger partial charge on any atom is 0.254 e. The van der Waals surface area contributed by atoms with Gasteiger partial charge in [-0.15, -0.1) is 10.2 Å². The van der Waals surface area contributed by atoms with E-state index in [9.17, 15) is 14.7 Å². The van der Waals surface area contributed by atoms with E-state index in [2.05, 4.69) is 52.5 Å².